The maximum Gasteiger partial charge on any atom is 0.231 e. The van der Waals surface area contributed by atoms with Crippen LogP contribution in [0.3, 0.4) is 0 Å². The number of amides is 1. The first kappa shape index (κ1) is 14.4. The van der Waals surface area contributed by atoms with Gasteiger partial charge in [0, 0.05) is 12.6 Å². The van der Waals surface area contributed by atoms with Gasteiger partial charge in [0.25, 0.3) is 0 Å². The summed E-state index contributed by atoms with van der Waals surface area (Å²) in [6.45, 7) is 2.75. The molecule has 0 aromatic heterocycles. The molecule has 0 saturated heterocycles. The SMILES string of the molecule is CC(C)(CN)C(=O)Nc1c(F)c(F)cc(F)c1F. The Hall–Kier alpha value is -1.63. The highest BCUT2D eigenvalue weighted by atomic mass is 19.2. The molecule has 3 N–H and O–H groups in total. The topological polar surface area (TPSA) is 55.1 Å². The number of nitrogens with one attached hydrogen (secondary N) is 1. The van der Waals surface area contributed by atoms with Crippen molar-refractivity contribution in [3.05, 3.63) is 29.3 Å². The van der Waals surface area contributed by atoms with Crippen molar-refractivity contribution in [1.82, 2.24) is 0 Å². The smallest absolute Gasteiger partial charge is 0.231 e. The van der Waals surface area contributed by atoms with Crippen molar-refractivity contribution in [2.75, 3.05) is 11.9 Å². The van der Waals surface area contributed by atoms with Crippen LogP contribution in [-0.4, -0.2) is 12.5 Å². The molecule has 0 fully saturated rings. The monoisotopic (exact) mass is 264 g/mol. The van der Waals surface area contributed by atoms with Crippen LogP contribution in [0, 0.1) is 28.7 Å². The normalized spacial score (nSPS) is 11.5. The van der Waals surface area contributed by atoms with E-state index in [4.69, 9.17) is 5.73 Å². The molecule has 0 aliphatic heterocycles. The lowest BCUT2D eigenvalue weighted by Crippen LogP contribution is -2.37. The van der Waals surface area contributed by atoms with Gasteiger partial charge in [-0.25, -0.2) is 17.6 Å². The number of nitrogens with two attached hydrogens (primary N) is 1. The lowest BCUT2D eigenvalue weighted by molar-refractivity contribution is -0.123. The number of benzene rings is 1. The average Bonchev–Trinajstić information content (AvgIpc) is 2.31. The zero-order valence-corrected chi connectivity index (χ0v) is 9.78. The van der Waals surface area contributed by atoms with Crippen molar-refractivity contribution in [3.8, 4) is 0 Å². The van der Waals surface area contributed by atoms with Crippen LogP contribution in [0.1, 0.15) is 13.8 Å². The van der Waals surface area contributed by atoms with Gasteiger partial charge in [0.15, 0.2) is 23.3 Å². The van der Waals surface area contributed by atoms with Crippen LogP contribution in [0.25, 0.3) is 0 Å². The van der Waals surface area contributed by atoms with E-state index >= 15 is 0 Å². The number of rotatable bonds is 3. The Morgan fingerprint density at radius 2 is 1.67 bits per heavy atom. The molecule has 0 atom stereocenters. The molecule has 1 aromatic rings. The van der Waals surface area contributed by atoms with Gasteiger partial charge in [-0.15, -0.1) is 0 Å². The summed E-state index contributed by atoms with van der Waals surface area (Å²) in [6, 6.07) is 0.0639. The first-order valence-corrected chi connectivity index (χ1v) is 5.05. The van der Waals surface area contributed by atoms with E-state index in [9.17, 15) is 22.4 Å². The summed E-state index contributed by atoms with van der Waals surface area (Å²) < 4.78 is 52.3. The van der Waals surface area contributed by atoms with Crippen LogP contribution in [0.5, 0.6) is 0 Å². The minimum Gasteiger partial charge on any atom is -0.329 e. The summed E-state index contributed by atoms with van der Waals surface area (Å²) in [5.41, 5.74) is 3.02. The number of halogens is 4. The molecule has 0 unspecified atom stereocenters. The molecule has 1 rings (SSSR count). The second-order valence-electron chi connectivity index (χ2n) is 4.39. The fraction of sp³-hybridized carbons (Fsp3) is 0.364. The van der Waals surface area contributed by atoms with Crippen LogP contribution in [0.2, 0.25) is 0 Å². The van der Waals surface area contributed by atoms with E-state index in [0.29, 0.717) is 0 Å². The Labute approximate surface area is 101 Å². The van der Waals surface area contributed by atoms with Gasteiger partial charge in [0.05, 0.1) is 5.41 Å². The molecule has 0 saturated carbocycles. The highest BCUT2D eigenvalue weighted by molar-refractivity contribution is 5.95. The van der Waals surface area contributed by atoms with Crippen molar-refractivity contribution in [1.29, 1.82) is 0 Å². The van der Waals surface area contributed by atoms with Crippen LogP contribution in [0.4, 0.5) is 23.2 Å². The summed E-state index contributed by atoms with van der Waals surface area (Å²) in [4.78, 5) is 11.6. The van der Waals surface area contributed by atoms with Gasteiger partial charge >= 0.3 is 0 Å². The molecule has 100 valence electrons. The highest BCUT2D eigenvalue weighted by Crippen LogP contribution is 2.26. The zero-order valence-electron chi connectivity index (χ0n) is 9.78. The number of carbonyl (C=O) groups is 1. The minimum absolute atomic E-state index is 0.0639. The second-order valence-corrected chi connectivity index (χ2v) is 4.39. The molecule has 0 aliphatic rings. The molecule has 1 aromatic carbocycles. The Morgan fingerprint density at radius 3 is 2.06 bits per heavy atom. The number of carbonyl (C=O) groups excluding carboxylic acids is 1. The standard InChI is InChI=1S/C11H12F4N2O/c1-11(2,4-16)10(18)17-9-7(14)5(12)3-6(13)8(9)15/h3H,4,16H2,1-2H3,(H,17,18). The Balaban J connectivity index is 3.16. The summed E-state index contributed by atoms with van der Waals surface area (Å²) in [7, 11) is 0. The minimum atomic E-state index is -1.66. The molecule has 18 heavy (non-hydrogen) atoms. The molecule has 0 spiro atoms. The van der Waals surface area contributed by atoms with Gasteiger partial charge < -0.3 is 11.1 Å². The van der Waals surface area contributed by atoms with E-state index < -0.39 is 40.3 Å². The first-order chi connectivity index (χ1) is 8.20. The quantitative estimate of drug-likeness (QED) is 0.649. The fourth-order valence-electron chi connectivity index (χ4n) is 1.06. The predicted octanol–water partition coefficient (Wildman–Crippen LogP) is 2.17. The van der Waals surface area contributed by atoms with Gasteiger partial charge in [0.1, 0.15) is 5.69 Å². The lowest BCUT2D eigenvalue weighted by Gasteiger charge is -2.21. The molecule has 1 amide bonds. The third-order valence-electron chi connectivity index (χ3n) is 2.48. The van der Waals surface area contributed by atoms with Crippen LogP contribution < -0.4 is 11.1 Å². The van der Waals surface area contributed by atoms with E-state index in [0.717, 1.165) is 0 Å². The molecular weight excluding hydrogens is 252 g/mol. The van der Waals surface area contributed by atoms with Crippen LogP contribution in [0.15, 0.2) is 6.07 Å². The maximum absolute atomic E-state index is 13.3. The molecule has 0 bridgehead atoms. The molecule has 3 nitrogen and oxygen atoms in total. The third-order valence-corrected chi connectivity index (χ3v) is 2.48. The van der Waals surface area contributed by atoms with E-state index in [-0.39, 0.29) is 12.6 Å². The van der Waals surface area contributed by atoms with Crippen LogP contribution in [-0.2, 0) is 4.79 Å². The van der Waals surface area contributed by atoms with Gasteiger partial charge in [-0.05, 0) is 13.8 Å². The van der Waals surface area contributed by atoms with Gasteiger partial charge in [0.2, 0.25) is 5.91 Å². The highest BCUT2D eigenvalue weighted by Gasteiger charge is 2.29. The van der Waals surface area contributed by atoms with Gasteiger partial charge in [-0.2, -0.15) is 0 Å². The summed E-state index contributed by atoms with van der Waals surface area (Å²) >= 11 is 0. The molecule has 7 heteroatoms. The van der Waals surface area contributed by atoms with Crippen molar-refractivity contribution >= 4 is 11.6 Å². The molecular formula is C11H12F4N2O. The lowest BCUT2D eigenvalue weighted by atomic mass is 9.92. The Bertz CT molecular complexity index is 462. The number of hydrogen-bond donors (Lipinski definition) is 2. The molecule has 0 radical (unpaired) electrons. The van der Waals surface area contributed by atoms with Crippen molar-refractivity contribution in [2.24, 2.45) is 11.1 Å². The van der Waals surface area contributed by atoms with Gasteiger partial charge in [-0.1, -0.05) is 0 Å². The first-order valence-electron chi connectivity index (χ1n) is 5.05. The maximum atomic E-state index is 13.3. The van der Waals surface area contributed by atoms with E-state index in [1.807, 2.05) is 0 Å². The predicted molar refractivity (Wildman–Crippen MR) is 57.7 cm³/mol. The van der Waals surface area contributed by atoms with Crippen molar-refractivity contribution in [3.63, 3.8) is 0 Å². The number of anilines is 1. The summed E-state index contributed by atoms with van der Waals surface area (Å²) in [5.74, 6) is -7.33. The van der Waals surface area contributed by atoms with Crippen LogP contribution >= 0.6 is 0 Å². The largest absolute Gasteiger partial charge is 0.329 e. The summed E-state index contributed by atoms with van der Waals surface area (Å²) in [5, 5.41) is 1.80. The Morgan fingerprint density at radius 1 is 1.22 bits per heavy atom. The Kier molecular flexibility index (Phi) is 3.95. The second kappa shape index (κ2) is 4.93. The van der Waals surface area contributed by atoms with Crippen molar-refractivity contribution < 1.29 is 22.4 Å². The van der Waals surface area contributed by atoms with Gasteiger partial charge in [-0.3, -0.25) is 4.79 Å². The average molecular weight is 264 g/mol. The van der Waals surface area contributed by atoms with E-state index in [1.165, 1.54) is 13.8 Å². The van der Waals surface area contributed by atoms with E-state index in [1.54, 1.807) is 5.32 Å². The summed E-state index contributed by atoms with van der Waals surface area (Å²) in [6.07, 6.45) is 0. The molecule has 0 heterocycles. The zero-order chi connectivity index (χ0) is 14.1. The van der Waals surface area contributed by atoms with Crippen molar-refractivity contribution in [2.45, 2.75) is 13.8 Å². The molecule has 0 aliphatic carbocycles. The third kappa shape index (κ3) is 2.61. The fourth-order valence-corrected chi connectivity index (χ4v) is 1.06. The van der Waals surface area contributed by atoms with E-state index in [2.05, 4.69) is 0 Å². The number of hydrogen-bond acceptors (Lipinski definition) is 2.